The third kappa shape index (κ3) is 5.29. The van der Waals surface area contributed by atoms with Gasteiger partial charge in [-0.3, -0.25) is 0 Å². The van der Waals surface area contributed by atoms with Crippen LogP contribution < -0.4 is 5.73 Å². The maximum atomic E-state index is 10.6. The summed E-state index contributed by atoms with van der Waals surface area (Å²) in [5.74, 6) is -2.30. The molecule has 0 aliphatic carbocycles. The lowest BCUT2D eigenvalue weighted by molar-refractivity contribution is -0.192. The van der Waals surface area contributed by atoms with Gasteiger partial charge in [0.1, 0.15) is 0 Å². The first kappa shape index (κ1) is 14.4. The normalized spacial score (nSPS) is 11.6. The number of carboxylic acids is 1. The van der Waals surface area contributed by atoms with E-state index < -0.39 is 17.7 Å². The number of rotatable bonds is 1. The van der Waals surface area contributed by atoms with Crippen LogP contribution in [-0.2, 0) is 10.3 Å². The first-order valence-corrected chi connectivity index (χ1v) is 3.91. The molecule has 92 valence electrons. The quantitative estimate of drug-likeness (QED) is 0.757. The zero-order valence-electron chi connectivity index (χ0n) is 8.45. The van der Waals surface area contributed by atoms with Crippen molar-refractivity contribution in [3.05, 3.63) is 12.2 Å². The van der Waals surface area contributed by atoms with E-state index in [1.807, 2.05) is 0 Å². The highest BCUT2D eigenvalue weighted by molar-refractivity contribution is 5.73. The van der Waals surface area contributed by atoms with Gasteiger partial charge in [0.15, 0.2) is 6.33 Å². The number of carbonyl (C=O) groups is 1. The van der Waals surface area contributed by atoms with Gasteiger partial charge in [-0.05, 0) is 13.8 Å². The maximum Gasteiger partial charge on any atom is 0.490 e. The Kier molecular flexibility index (Phi) is 4.42. The Morgan fingerprint density at radius 1 is 1.50 bits per heavy atom. The maximum absolute atomic E-state index is 10.6. The van der Waals surface area contributed by atoms with E-state index in [0.29, 0.717) is 5.89 Å². The van der Waals surface area contributed by atoms with Crippen molar-refractivity contribution in [1.82, 2.24) is 10.1 Å². The van der Waals surface area contributed by atoms with Crippen LogP contribution in [0.25, 0.3) is 0 Å². The van der Waals surface area contributed by atoms with Gasteiger partial charge >= 0.3 is 12.1 Å². The van der Waals surface area contributed by atoms with Crippen molar-refractivity contribution in [2.24, 2.45) is 5.73 Å². The molecule has 6 nitrogen and oxygen atoms in total. The van der Waals surface area contributed by atoms with Crippen LogP contribution in [0.1, 0.15) is 19.7 Å². The summed E-state index contributed by atoms with van der Waals surface area (Å²) in [5, 5.41) is 10.5. The number of hydrogen-bond acceptors (Lipinski definition) is 5. The Hall–Kier alpha value is -1.64. The number of carboxylic acid groups (broad SMARTS) is 1. The SMILES string of the molecule is CC(C)(N)c1ncno1.O=C(O)C(F)(F)F. The number of hydrogen-bond donors (Lipinski definition) is 2. The van der Waals surface area contributed by atoms with E-state index in [0.717, 1.165) is 0 Å². The summed E-state index contributed by atoms with van der Waals surface area (Å²) in [5.41, 5.74) is 5.09. The second kappa shape index (κ2) is 4.92. The summed E-state index contributed by atoms with van der Waals surface area (Å²) in [6.07, 6.45) is -3.75. The van der Waals surface area contributed by atoms with E-state index in [4.69, 9.17) is 20.2 Å². The van der Waals surface area contributed by atoms with Crippen molar-refractivity contribution in [2.75, 3.05) is 0 Å². The molecular weight excluding hydrogens is 231 g/mol. The molecule has 1 heterocycles. The van der Waals surface area contributed by atoms with Crippen LogP contribution in [0.2, 0.25) is 0 Å². The zero-order chi connectivity index (χ0) is 13.0. The predicted octanol–water partition coefficient (Wildman–Crippen LogP) is 0.897. The predicted molar refractivity (Wildman–Crippen MR) is 45.2 cm³/mol. The Morgan fingerprint density at radius 2 is 1.94 bits per heavy atom. The van der Waals surface area contributed by atoms with Crippen LogP contribution >= 0.6 is 0 Å². The van der Waals surface area contributed by atoms with Crippen molar-refractivity contribution in [3.63, 3.8) is 0 Å². The first-order chi connectivity index (χ1) is 7.05. The molecule has 0 aromatic carbocycles. The summed E-state index contributed by atoms with van der Waals surface area (Å²) in [6.45, 7) is 3.61. The lowest BCUT2D eigenvalue weighted by Crippen LogP contribution is -2.28. The topological polar surface area (TPSA) is 102 Å². The fourth-order valence-electron chi connectivity index (χ4n) is 0.457. The van der Waals surface area contributed by atoms with Crippen molar-refractivity contribution in [2.45, 2.75) is 25.6 Å². The van der Waals surface area contributed by atoms with Crippen LogP contribution in [0.4, 0.5) is 13.2 Å². The smallest absolute Gasteiger partial charge is 0.475 e. The number of nitrogens with zero attached hydrogens (tertiary/aromatic N) is 2. The minimum Gasteiger partial charge on any atom is -0.475 e. The van der Waals surface area contributed by atoms with Crippen molar-refractivity contribution in [1.29, 1.82) is 0 Å². The molecule has 1 rings (SSSR count). The minimum atomic E-state index is -5.08. The highest BCUT2D eigenvalue weighted by atomic mass is 19.4. The van der Waals surface area contributed by atoms with Gasteiger partial charge in [0.05, 0.1) is 5.54 Å². The Morgan fingerprint density at radius 3 is 2.06 bits per heavy atom. The van der Waals surface area contributed by atoms with Crippen molar-refractivity contribution >= 4 is 5.97 Å². The molecule has 16 heavy (non-hydrogen) atoms. The van der Waals surface area contributed by atoms with Crippen molar-refractivity contribution in [3.8, 4) is 0 Å². The summed E-state index contributed by atoms with van der Waals surface area (Å²) >= 11 is 0. The van der Waals surface area contributed by atoms with E-state index in [1.165, 1.54) is 6.33 Å². The second-order valence-electron chi connectivity index (χ2n) is 3.27. The van der Waals surface area contributed by atoms with E-state index in [2.05, 4.69) is 10.1 Å². The lowest BCUT2D eigenvalue weighted by atomic mass is 10.1. The molecule has 0 saturated heterocycles. The molecule has 0 saturated carbocycles. The van der Waals surface area contributed by atoms with Crippen molar-refractivity contribution < 1.29 is 27.6 Å². The van der Waals surface area contributed by atoms with Gasteiger partial charge in [-0.2, -0.15) is 18.2 Å². The molecule has 0 aliphatic heterocycles. The van der Waals surface area contributed by atoms with Gasteiger partial charge in [0.25, 0.3) is 0 Å². The van der Waals surface area contributed by atoms with Crippen LogP contribution in [-0.4, -0.2) is 27.4 Å². The van der Waals surface area contributed by atoms with E-state index in [1.54, 1.807) is 13.8 Å². The Balaban J connectivity index is 0.000000293. The van der Waals surface area contributed by atoms with E-state index in [-0.39, 0.29) is 0 Å². The fraction of sp³-hybridized carbons (Fsp3) is 0.571. The average Bonchev–Trinajstić information content (AvgIpc) is 2.52. The summed E-state index contributed by atoms with van der Waals surface area (Å²) in [4.78, 5) is 12.7. The molecule has 0 radical (unpaired) electrons. The van der Waals surface area contributed by atoms with E-state index >= 15 is 0 Å². The molecule has 0 amide bonds. The molecule has 0 fully saturated rings. The minimum absolute atomic E-state index is 0.461. The number of alkyl halides is 3. The molecule has 3 N–H and O–H groups in total. The molecule has 0 atom stereocenters. The molecule has 0 unspecified atom stereocenters. The number of halogens is 3. The monoisotopic (exact) mass is 241 g/mol. The second-order valence-corrected chi connectivity index (χ2v) is 3.27. The summed E-state index contributed by atoms with van der Waals surface area (Å²) in [7, 11) is 0. The number of aromatic nitrogens is 2. The lowest BCUT2D eigenvalue weighted by Gasteiger charge is -2.10. The fourth-order valence-corrected chi connectivity index (χ4v) is 0.457. The highest BCUT2D eigenvalue weighted by Gasteiger charge is 2.38. The van der Waals surface area contributed by atoms with Gasteiger partial charge in [0.2, 0.25) is 5.89 Å². The molecular formula is C7H10F3N3O3. The van der Waals surface area contributed by atoms with Crippen LogP contribution in [0.5, 0.6) is 0 Å². The van der Waals surface area contributed by atoms with Gasteiger partial charge in [-0.15, -0.1) is 0 Å². The van der Waals surface area contributed by atoms with Gasteiger partial charge < -0.3 is 15.4 Å². The third-order valence-electron chi connectivity index (χ3n) is 1.16. The molecule has 1 aromatic rings. The molecule has 0 spiro atoms. The number of nitrogens with two attached hydrogens (primary N) is 1. The summed E-state index contributed by atoms with van der Waals surface area (Å²) in [6, 6.07) is 0. The third-order valence-corrected chi connectivity index (χ3v) is 1.16. The first-order valence-electron chi connectivity index (χ1n) is 3.91. The molecule has 1 aromatic heterocycles. The van der Waals surface area contributed by atoms with Crippen LogP contribution in [0.15, 0.2) is 10.9 Å². The van der Waals surface area contributed by atoms with Gasteiger partial charge in [-0.1, -0.05) is 5.16 Å². The van der Waals surface area contributed by atoms with E-state index in [9.17, 15) is 13.2 Å². The standard InChI is InChI=1S/C5H9N3O.C2HF3O2/c1-5(2,6)4-7-3-8-9-4;3-2(4,5)1(6)7/h3H,6H2,1-2H3;(H,6,7). The average molecular weight is 241 g/mol. The van der Waals surface area contributed by atoms with Gasteiger partial charge in [-0.25, -0.2) is 4.79 Å². The molecule has 9 heteroatoms. The molecule has 0 bridgehead atoms. The number of aliphatic carboxylic acids is 1. The van der Waals surface area contributed by atoms with Crippen LogP contribution in [0.3, 0.4) is 0 Å². The Labute approximate surface area is 88.2 Å². The van der Waals surface area contributed by atoms with Crippen LogP contribution in [0, 0.1) is 0 Å². The molecule has 0 aliphatic rings. The Bertz CT molecular complexity index is 329. The zero-order valence-corrected chi connectivity index (χ0v) is 8.45. The highest BCUT2D eigenvalue weighted by Crippen LogP contribution is 2.13. The summed E-state index contributed by atoms with van der Waals surface area (Å²) < 4.78 is 36.4. The van der Waals surface area contributed by atoms with Gasteiger partial charge in [0, 0.05) is 0 Å². The largest absolute Gasteiger partial charge is 0.490 e.